The standard InChI is InChI=1S/C13H23N3O2/c1-7-9-10-11(14-5)13(3,4)15-12(17)16(8-2)18-6/h7,9-10H,5,8H2,1-4,6H3,(H,15,17)/b9-7-,11-10-. The predicted molar refractivity (Wildman–Crippen MR) is 74.4 cm³/mol. The predicted octanol–water partition coefficient (Wildman–Crippen LogP) is 2.52. The Hall–Kier alpha value is -1.62. The van der Waals surface area contributed by atoms with Crippen LogP contribution in [0.2, 0.25) is 0 Å². The number of hydroxylamine groups is 2. The van der Waals surface area contributed by atoms with Crippen LogP contribution in [-0.2, 0) is 4.84 Å². The fraction of sp³-hybridized carbons (Fsp3) is 0.538. The number of aliphatic imine (C=N–C) groups is 1. The third-order valence-electron chi connectivity index (χ3n) is 2.41. The molecule has 0 saturated carbocycles. The minimum Gasteiger partial charge on any atom is -0.326 e. The third-order valence-corrected chi connectivity index (χ3v) is 2.41. The molecule has 0 rings (SSSR count). The summed E-state index contributed by atoms with van der Waals surface area (Å²) in [5, 5.41) is 4.08. The van der Waals surface area contributed by atoms with Gasteiger partial charge in [-0.1, -0.05) is 12.2 Å². The first kappa shape index (κ1) is 16.4. The molecule has 2 amide bonds. The summed E-state index contributed by atoms with van der Waals surface area (Å²) < 4.78 is 0. The molecule has 0 aromatic heterocycles. The van der Waals surface area contributed by atoms with Crippen LogP contribution in [0.4, 0.5) is 4.79 Å². The van der Waals surface area contributed by atoms with E-state index >= 15 is 0 Å². The lowest BCUT2D eigenvalue weighted by atomic mass is 10.0. The van der Waals surface area contributed by atoms with Crippen LogP contribution in [-0.4, -0.2) is 37.0 Å². The second-order valence-electron chi connectivity index (χ2n) is 4.17. The number of urea groups is 1. The molecule has 0 aliphatic carbocycles. The molecule has 0 bridgehead atoms. The number of hydrogen-bond donors (Lipinski definition) is 1. The Morgan fingerprint density at radius 1 is 1.56 bits per heavy atom. The molecule has 1 N–H and O–H groups in total. The second-order valence-corrected chi connectivity index (χ2v) is 4.17. The van der Waals surface area contributed by atoms with Crippen molar-refractivity contribution in [3.63, 3.8) is 0 Å². The Bertz CT molecular complexity index is 342. The van der Waals surface area contributed by atoms with Gasteiger partial charge in [0.2, 0.25) is 0 Å². The molecule has 5 nitrogen and oxygen atoms in total. The molecular weight excluding hydrogens is 230 g/mol. The first-order valence-corrected chi connectivity index (χ1v) is 5.86. The quantitative estimate of drug-likeness (QED) is 0.449. The molecule has 102 valence electrons. The molecular formula is C13H23N3O2. The van der Waals surface area contributed by atoms with E-state index in [1.807, 2.05) is 45.9 Å². The van der Waals surface area contributed by atoms with E-state index in [0.717, 1.165) is 0 Å². The van der Waals surface area contributed by atoms with Crippen LogP contribution < -0.4 is 5.32 Å². The monoisotopic (exact) mass is 253 g/mol. The summed E-state index contributed by atoms with van der Waals surface area (Å²) in [6.07, 6.45) is 5.55. The van der Waals surface area contributed by atoms with E-state index in [1.54, 1.807) is 0 Å². The van der Waals surface area contributed by atoms with Gasteiger partial charge in [-0.2, -0.15) is 0 Å². The molecule has 18 heavy (non-hydrogen) atoms. The topological polar surface area (TPSA) is 53.9 Å². The van der Waals surface area contributed by atoms with Gasteiger partial charge in [0.25, 0.3) is 0 Å². The average molecular weight is 253 g/mol. The van der Waals surface area contributed by atoms with E-state index < -0.39 is 5.54 Å². The van der Waals surface area contributed by atoms with Crippen LogP contribution >= 0.6 is 0 Å². The van der Waals surface area contributed by atoms with Gasteiger partial charge >= 0.3 is 6.03 Å². The Morgan fingerprint density at radius 3 is 2.56 bits per heavy atom. The van der Waals surface area contributed by atoms with Crippen molar-refractivity contribution in [1.29, 1.82) is 0 Å². The Kier molecular flexibility index (Phi) is 6.97. The Labute approximate surface area is 109 Å². The van der Waals surface area contributed by atoms with E-state index in [0.29, 0.717) is 12.2 Å². The van der Waals surface area contributed by atoms with Gasteiger partial charge in [-0.15, -0.1) is 0 Å². The number of carbonyl (C=O) groups excluding carboxylic acids is 1. The van der Waals surface area contributed by atoms with Crippen molar-refractivity contribution < 1.29 is 9.63 Å². The average Bonchev–Trinajstić information content (AvgIpc) is 2.30. The van der Waals surface area contributed by atoms with Crippen molar-refractivity contribution in [2.24, 2.45) is 4.99 Å². The highest BCUT2D eigenvalue weighted by Gasteiger charge is 2.26. The van der Waals surface area contributed by atoms with Crippen LogP contribution in [0.5, 0.6) is 0 Å². The SMILES string of the molecule is C=N/C(=C\C=C/C)C(C)(C)NC(=O)N(CC)OC. The molecule has 0 aromatic carbocycles. The lowest BCUT2D eigenvalue weighted by Gasteiger charge is -2.29. The normalized spacial score (nSPS) is 12.6. The number of amides is 2. The van der Waals surface area contributed by atoms with Crippen molar-refractivity contribution in [3.8, 4) is 0 Å². The molecule has 0 aromatic rings. The molecule has 0 aliphatic rings. The van der Waals surface area contributed by atoms with Crippen molar-refractivity contribution in [3.05, 3.63) is 23.9 Å². The molecule has 0 unspecified atom stereocenters. The first-order chi connectivity index (χ1) is 8.42. The second kappa shape index (κ2) is 7.66. The van der Waals surface area contributed by atoms with E-state index in [2.05, 4.69) is 17.0 Å². The fourth-order valence-corrected chi connectivity index (χ4v) is 1.40. The van der Waals surface area contributed by atoms with Gasteiger partial charge in [-0.05, 0) is 40.5 Å². The van der Waals surface area contributed by atoms with Gasteiger partial charge in [0, 0.05) is 6.54 Å². The van der Waals surface area contributed by atoms with Gasteiger partial charge < -0.3 is 5.32 Å². The zero-order chi connectivity index (χ0) is 14.2. The minimum absolute atomic E-state index is 0.306. The van der Waals surface area contributed by atoms with Crippen LogP contribution in [0, 0.1) is 0 Å². The highest BCUT2D eigenvalue weighted by Crippen LogP contribution is 2.17. The van der Waals surface area contributed by atoms with E-state index in [9.17, 15) is 4.79 Å². The number of nitrogens with one attached hydrogen (secondary N) is 1. The molecule has 0 heterocycles. The summed E-state index contributed by atoms with van der Waals surface area (Å²) in [6.45, 7) is 11.5. The maximum atomic E-state index is 11.9. The summed E-state index contributed by atoms with van der Waals surface area (Å²) in [4.78, 5) is 20.8. The molecule has 0 aliphatic heterocycles. The number of hydrogen-bond acceptors (Lipinski definition) is 3. The van der Waals surface area contributed by atoms with Crippen molar-refractivity contribution in [2.75, 3.05) is 13.7 Å². The molecule has 0 spiro atoms. The fourth-order valence-electron chi connectivity index (χ4n) is 1.40. The third kappa shape index (κ3) is 4.71. The zero-order valence-corrected chi connectivity index (χ0v) is 11.9. The number of carbonyl (C=O) groups is 1. The number of nitrogens with zero attached hydrogens (tertiary/aromatic N) is 2. The Morgan fingerprint density at radius 2 is 2.17 bits per heavy atom. The van der Waals surface area contributed by atoms with Crippen LogP contribution in [0.3, 0.4) is 0 Å². The Balaban J connectivity index is 4.92. The van der Waals surface area contributed by atoms with Gasteiger partial charge in [0.05, 0.1) is 18.3 Å². The molecule has 0 saturated heterocycles. The van der Waals surface area contributed by atoms with Crippen molar-refractivity contribution in [1.82, 2.24) is 10.4 Å². The summed E-state index contributed by atoms with van der Waals surface area (Å²) in [6, 6.07) is -0.306. The van der Waals surface area contributed by atoms with Gasteiger partial charge in [0.1, 0.15) is 0 Å². The van der Waals surface area contributed by atoms with E-state index in [1.165, 1.54) is 12.2 Å². The van der Waals surface area contributed by atoms with Crippen molar-refractivity contribution >= 4 is 12.7 Å². The van der Waals surface area contributed by atoms with Gasteiger partial charge in [-0.3, -0.25) is 9.83 Å². The van der Waals surface area contributed by atoms with Gasteiger partial charge in [0.15, 0.2) is 0 Å². The molecule has 0 radical (unpaired) electrons. The van der Waals surface area contributed by atoms with Crippen LogP contribution in [0.25, 0.3) is 0 Å². The summed E-state index contributed by atoms with van der Waals surface area (Å²) in [5.74, 6) is 0. The van der Waals surface area contributed by atoms with Crippen LogP contribution in [0.15, 0.2) is 28.9 Å². The summed E-state index contributed by atoms with van der Waals surface area (Å²) in [7, 11) is 1.46. The lowest BCUT2D eigenvalue weighted by molar-refractivity contribution is -0.0835. The van der Waals surface area contributed by atoms with E-state index in [4.69, 9.17) is 4.84 Å². The highest BCUT2D eigenvalue weighted by atomic mass is 16.7. The smallest absolute Gasteiger partial charge is 0.326 e. The lowest BCUT2D eigenvalue weighted by Crippen LogP contribution is -2.50. The summed E-state index contributed by atoms with van der Waals surface area (Å²) >= 11 is 0. The maximum absolute atomic E-state index is 11.9. The number of allylic oxidation sites excluding steroid dienone is 3. The first-order valence-electron chi connectivity index (χ1n) is 5.86. The minimum atomic E-state index is -0.621. The molecule has 0 atom stereocenters. The zero-order valence-electron chi connectivity index (χ0n) is 11.9. The van der Waals surface area contributed by atoms with Crippen LogP contribution in [0.1, 0.15) is 27.7 Å². The van der Waals surface area contributed by atoms with Crippen molar-refractivity contribution in [2.45, 2.75) is 33.2 Å². The summed E-state index contributed by atoms with van der Waals surface area (Å²) in [5.41, 5.74) is 0.0608. The number of rotatable bonds is 6. The largest absolute Gasteiger partial charge is 0.342 e. The highest BCUT2D eigenvalue weighted by molar-refractivity contribution is 5.74. The molecule has 0 fully saturated rings. The van der Waals surface area contributed by atoms with Gasteiger partial charge in [-0.25, -0.2) is 9.86 Å². The maximum Gasteiger partial charge on any atom is 0.342 e. The van der Waals surface area contributed by atoms with E-state index in [-0.39, 0.29) is 6.03 Å². The molecule has 5 heteroatoms.